The number of aromatic nitrogens is 2. The standard InChI is InChI=1S/C16H19N3O6/c1-10-4-5-14(13(6-10)16(21)24-3)25-9-12(20)8-18-11(2)17-7-15(18)19(22)23/h4-7,12,20H,8-9H2,1-3H3/t12-/m1/s1. The lowest BCUT2D eigenvalue weighted by molar-refractivity contribution is -0.392. The van der Waals surface area contributed by atoms with Gasteiger partial charge in [-0.15, -0.1) is 0 Å². The fourth-order valence-electron chi connectivity index (χ4n) is 2.32. The van der Waals surface area contributed by atoms with Gasteiger partial charge in [0.05, 0.1) is 7.11 Å². The van der Waals surface area contributed by atoms with E-state index in [1.807, 2.05) is 6.92 Å². The summed E-state index contributed by atoms with van der Waals surface area (Å²) in [5.41, 5.74) is 1.11. The average molecular weight is 349 g/mol. The van der Waals surface area contributed by atoms with Gasteiger partial charge in [0.2, 0.25) is 0 Å². The third kappa shape index (κ3) is 4.32. The Bertz CT molecular complexity index is 786. The second-order valence-corrected chi connectivity index (χ2v) is 5.49. The normalized spacial score (nSPS) is 11.8. The third-order valence-electron chi connectivity index (χ3n) is 3.59. The van der Waals surface area contributed by atoms with Crippen molar-refractivity contribution in [3.05, 3.63) is 51.5 Å². The summed E-state index contributed by atoms with van der Waals surface area (Å²) in [6.45, 7) is 3.23. The topological polar surface area (TPSA) is 117 Å². The van der Waals surface area contributed by atoms with Crippen molar-refractivity contribution in [3.8, 4) is 5.75 Å². The van der Waals surface area contributed by atoms with E-state index in [1.165, 1.54) is 11.7 Å². The molecule has 2 rings (SSSR count). The predicted molar refractivity (Wildman–Crippen MR) is 87.6 cm³/mol. The van der Waals surface area contributed by atoms with Crippen LogP contribution in [-0.4, -0.2) is 45.4 Å². The Labute approximate surface area is 144 Å². The number of imidazole rings is 1. The second kappa shape index (κ2) is 7.75. The van der Waals surface area contributed by atoms with Gasteiger partial charge >= 0.3 is 11.8 Å². The van der Waals surface area contributed by atoms with E-state index in [0.29, 0.717) is 5.82 Å². The smallest absolute Gasteiger partial charge is 0.342 e. The number of nitrogens with zero attached hydrogens (tertiary/aromatic N) is 3. The van der Waals surface area contributed by atoms with E-state index in [1.54, 1.807) is 25.1 Å². The summed E-state index contributed by atoms with van der Waals surface area (Å²) in [6.07, 6.45) is 0.108. The Hall–Kier alpha value is -2.94. The molecule has 0 fully saturated rings. The molecule has 1 atom stereocenters. The van der Waals surface area contributed by atoms with E-state index >= 15 is 0 Å². The molecule has 2 aromatic rings. The number of nitro groups is 1. The van der Waals surface area contributed by atoms with Crippen molar-refractivity contribution in [3.63, 3.8) is 0 Å². The number of rotatable bonds is 7. The highest BCUT2D eigenvalue weighted by atomic mass is 16.6. The van der Waals surface area contributed by atoms with E-state index in [-0.39, 0.29) is 30.3 Å². The average Bonchev–Trinajstić information content (AvgIpc) is 2.93. The summed E-state index contributed by atoms with van der Waals surface area (Å²) in [6, 6.07) is 5.00. The predicted octanol–water partition coefficient (Wildman–Crippen LogP) is 1.63. The van der Waals surface area contributed by atoms with Crippen molar-refractivity contribution in [1.82, 2.24) is 9.55 Å². The lowest BCUT2D eigenvalue weighted by Gasteiger charge is -2.14. The van der Waals surface area contributed by atoms with Crippen molar-refractivity contribution in [2.75, 3.05) is 13.7 Å². The van der Waals surface area contributed by atoms with Crippen LogP contribution in [0.4, 0.5) is 5.82 Å². The number of aliphatic hydroxyl groups excluding tert-OH is 1. The van der Waals surface area contributed by atoms with Crippen LogP contribution in [0.2, 0.25) is 0 Å². The Morgan fingerprint density at radius 1 is 1.44 bits per heavy atom. The highest BCUT2D eigenvalue weighted by molar-refractivity contribution is 5.92. The summed E-state index contributed by atoms with van der Waals surface area (Å²) >= 11 is 0. The van der Waals surface area contributed by atoms with Crippen molar-refractivity contribution in [2.24, 2.45) is 0 Å². The minimum absolute atomic E-state index is 0.0540. The largest absolute Gasteiger partial charge is 0.490 e. The highest BCUT2D eigenvalue weighted by Gasteiger charge is 2.21. The van der Waals surface area contributed by atoms with Gasteiger partial charge in [-0.1, -0.05) is 11.6 Å². The summed E-state index contributed by atoms with van der Waals surface area (Å²) in [4.78, 5) is 26.1. The Morgan fingerprint density at radius 2 is 2.16 bits per heavy atom. The lowest BCUT2D eigenvalue weighted by atomic mass is 10.1. The molecule has 0 unspecified atom stereocenters. The number of benzene rings is 1. The van der Waals surface area contributed by atoms with Gasteiger partial charge in [0.25, 0.3) is 0 Å². The molecule has 0 bridgehead atoms. The van der Waals surface area contributed by atoms with Gasteiger partial charge in [0, 0.05) is 6.92 Å². The number of aryl methyl sites for hydroxylation is 2. The van der Waals surface area contributed by atoms with Crippen LogP contribution < -0.4 is 4.74 Å². The fourth-order valence-corrected chi connectivity index (χ4v) is 2.32. The fraction of sp³-hybridized carbons (Fsp3) is 0.375. The Morgan fingerprint density at radius 3 is 2.80 bits per heavy atom. The molecular weight excluding hydrogens is 330 g/mol. The van der Waals surface area contributed by atoms with Crippen LogP contribution in [0.3, 0.4) is 0 Å². The molecule has 9 nitrogen and oxygen atoms in total. The first-order chi connectivity index (χ1) is 11.8. The zero-order valence-electron chi connectivity index (χ0n) is 14.1. The summed E-state index contributed by atoms with van der Waals surface area (Å²) in [5, 5.41) is 21.1. The second-order valence-electron chi connectivity index (χ2n) is 5.49. The molecule has 0 saturated heterocycles. The lowest BCUT2D eigenvalue weighted by Crippen LogP contribution is -2.25. The number of esters is 1. The maximum atomic E-state index is 11.8. The molecule has 0 aliphatic carbocycles. The van der Waals surface area contributed by atoms with Crippen LogP contribution in [-0.2, 0) is 11.3 Å². The molecule has 1 aromatic heterocycles. The summed E-state index contributed by atoms with van der Waals surface area (Å²) in [7, 11) is 1.27. The molecule has 0 aliphatic rings. The molecular formula is C16H19N3O6. The van der Waals surface area contributed by atoms with Crippen LogP contribution in [0.15, 0.2) is 24.4 Å². The van der Waals surface area contributed by atoms with E-state index < -0.39 is 17.0 Å². The molecule has 9 heteroatoms. The van der Waals surface area contributed by atoms with Crippen LogP contribution in [0, 0.1) is 24.0 Å². The van der Waals surface area contributed by atoms with Gasteiger partial charge in [-0.2, -0.15) is 0 Å². The molecule has 0 spiro atoms. The van der Waals surface area contributed by atoms with Gasteiger partial charge in [-0.05, 0) is 24.0 Å². The van der Waals surface area contributed by atoms with E-state index in [4.69, 9.17) is 9.47 Å². The summed E-state index contributed by atoms with van der Waals surface area (Å²) in [5.74, 6) is -0.0684. The number of carbonyl (C=O) groups is 1. The van der Waals surface area contributed by atoms with Crippen molar-refractivity contribution in [2.45, 2.75) is 26.5 Å². The third-order valence-corrected chi connectivity index (χ3v) is 3.59. The molecule has 25 heavy (non-hydrogen) atoms. The minimum atomic E-state index is -1.03. The van der Waals surface area contributed by atoms with E-state index in [9.17, 15) is 20.0 Å². The highest BCUT2D eigenvalue weighted by Crippen LogP contribution is 2.21. The van der Waals surface area contributed by atoms with Gasteiger partial charge in [-0.3, -0.25) is 0 Å². The van der Waals surface area contributed by atoms with Gasteiger partial charge in [0.15, 0.2) is 5.82 Å². The zero-order chi connectivity index (χ0) is 18.6. The van der Waals surface area contributed by atoms with Crippen molar-refractivity contribution in [1.29, 1.82) is 0 Å². The van der Waals surface area contributed by atoms with Crippen LogP contribution in [0.5, 0.6) is 5.75 Å². The monoisotopic (exact) mass is 349 g/mol. The molecule has 134 valence electrons. The maximum Gasteiger partial charge on any atom is 0.342 e. The van der Waals surface area contributed by atoms with Crippen LogP contribution >= 0.6 is 0 Å². The first-order valence-corrected chi connectivity index (χ1v) is 7.49. The van der Waals surface area contributed by atoms with Gasteiger partial charge < -0.3 is 24.7 Å². The maximum absolute atomic E-state index is 11.8. The van der Waals surface area contributed by atoms with Gasteiger partial charge in [-0.25, -0.2) is 14.3 Å². The first kappa shape index (κ1) is 18.4. The summed E-state index contributed by atoms with van der Waals surface area (Å²) < 4.78 is 11.5. The Balaban J connectivity index is 2.08. The molecule has 1 aromatic carbocycles. The van der Waals surface area contributed by atoms with Crippen LogP contribution in [0.1, 0.15) is 21.7 Å². The SMILES string of the molecule is COC(=O)c1cc(C)ccc1OC[C@H](O)Cn1c([N+](=O)[O-])cnc1C. The quantitative estimate of drug-likeness (QED) is 0.459. The van der Waals surface area contributed by atoms with Crippen LogP contribution in [0.25, 0.3) is 0 Å². The van der Waals surface area contributed by atoms with Crippen molar-refractivity contribution < 1.29 is 24.3 Å². The minimum Gasteiger partial charge on any atom is -0.490 e. The zero-order valence-corrected chi connectivity index (χ0v) is 14.1. The number of hydrogen-bond donors (Lipinski definition) is 1. The number of methoxy groups -OCH3 is 1. The number of ether oxygens (including phenoxy) is 2. The first-order valence-electron chi connectivity index (χ1n) is 7.49. The molecule has 1 heterocycles. The number of hydrogen-bond acceptors (Lipinski definition) is 7. The van der Waals surface area contributed by atoms with E-state index in [2.05, 4.69) is 4.98 Å². The van der Waals surface area contributed by atoms with Gasteiger partial charge in [0.1, 0.15) is 36.8 Å². The number of carbonyl (C=O) groups excluding carboxylic acids is 1. The van der Waals surface area contributed by atoms with Crippen molar-refractivity contribution >= 4 is 11.8 Å². The molecule has 0 amide bonds. The number of aliphatic hydroxyl groups is 1. The molecule has 0 saturated carbocycles. The molecule has 0 aliphatic heterocycles. The molecule has 1 N–H and O–H groups in total. The Kier molecular flexibility index (Phi) is 5.71. The molecule has 0 radical (unpaired) electrons. The van der Waals surface area contributed by atoms with E-state index in [0.717, 1.165) is 11.8 Å².